The van der Waals surface area contributed by atoms with Gasteiger partial charge in [0.1, 0.15) is 0 Å². The first-order valence-electron chi connectivity index (χ1n) is 3.51. The monoisotopic (exact) mass is 195 g/mol. The zero-order valence-corrected chi connectivity index (χ0v) is 8.05. The van der Waals surface area contributed by atoms with Gasteiger partial charge in [0.15, 0.2) is 5.25 Å². The van der Waals surface area contributed by atoms with E-state index >= 15 is 0 Å². The van der Waals surface area contributed by atoms with Crippen molar-refractivity contribution < 1.29 is 18.3 Å². The number of hydrogen-bond donors (Lipinski definition) is 2. The lowest BCUT2D eigenvalue weighted by Crippen LogP contribution is -2.40. The molecule has 0 aliphatic rings. The summed E-state index contributed by atoms with van der Waals surface area (Å²) >= 11 is 0. The molecule has 0 rings (SSSR count). The second-order valence-electron chi connectivity index (χ2n) is 2.80. The van der Waals surface area contributed by atoms with Crippen molar-refractivity contribution in [3.63, 3.8) is 0 Å². The molecular weight excluding hydrogens is 182 g/mol. The Hall–Kier alpha value is -0.620. The summed E-state index contributed by atoms with van der Waals surface area (Å²) in [7, 11) is -3.71. The average Bonchev–Trinajstić information content (AvgIpc) is 1.82. The molecule has 0 fully saturated rings. The van der Waals surface area contributed by atoms with Crippen LogP contribution < -0.4 is 4.72 Å². The molecule has 0 aliphatic carbocycles. The molecule has 0 bridgehead atoms. The van der Waals surface area contributed by atoms with Gasteiger partial charge < -0.3 is 5.11 Å². The summed E-state index contributed by atoms with van der Waals surface area (Å²) in [6, 6.07) is -0.281. The summed E-state index contributed by atoms with van der Waals surface area (Å²) in [5, 5.41) is 7.01. The fourth-order valence-electron chi connectivity index (χ4n) is 0.563. The molecule has 0 spiro atoms. The van der Waals surface area contributed by atoms with Gasteiger partial charge in [0.25, 0.3) is 0 Å². The number of aliphatic carboxylic acids is 1. The highest BCUT2D eigenvalue weighted by molar-refractivity contribution is 7.90. The van der Waals surface area contributed by atoms with Crippen LogP contribution >= 0.6 is 0 Å². The van der Waals surface area contributed by atoms with E-state index in [0.29, 0.717) is 0 Å². The predicted molar refractivity (Wildman–Crippen MR) is 44.3 cm³/mol. The van der Waals surface area contributed by atoms with Gasteiger partial charge in [0.2, 0.25) is 10.0 Å². The second-order valence-corrected chi connectivity index (χ2v) is 4.83. The maximum Gasteiger partial charge on any atom is 0.323 e. The standard InChI is InChI=1S/C6H13NO4S/c1-4(2)7-12(10,11)5(3)6(8)9/h4-5,7H,1-3H3,(H,8,9). The van der Waals surface area contributed by atoms with Crippen LogP contribution in [0, 0.1) is 0 Å². The highest BCUT2D eigenvalue weighted by atomic mass is 32.2. The van der Waals surface area contributed by atoms with Crippen LogP contribution in [0.15, 0.2) is 0 Å². The third kappa shape index (κ3) is 3.19. The summed E-state index contributed by atoms with van der Waals surface area (Å²) in [4.78, 5) is 10.3. The molecule has 12 heavy (non-hydrogen) atoms. The highest BCUT2D eigenvalue weighted by Crippen LogP contribution is 1.99. The third-order valence-corrected chi connectivity index (χ3v) is 3.15. The predicted octanol–water partition coefficient (Wildman–Crippen LogP) is -0.213. The fraction of sp³-hybridized carbons (Fsp3) is 0.833. The lowest BCUT2D eigenvalue weighted by molar-refractivity contribution is -0.136. The van der Waals surface area contributed by atoms with Gasteiger partial charge in [0, 0.05) is 6.04 Å². The van der Waals surface area contributed by atoms with E-state index in [-0.39, 0.29) is 6.04 Å². The molecule has 72 valence electrons. The van der Waals surface area contributed by atoms with Crippen LogP contribution in [0.1, 0.15) is 20.8 Å². The molecule has 0 aromatic rings. The van der Waals surface area contributed by atoms with Crippen molar-refractivity contribution in [1.82, 2.24) is 4.72 Å². The lowest BCUT2D eigenvalue weighted by atomic mass is 10.4. The molecule has 1 atom stereocenters. The number of sulfonamides is 1. The van der Waals surface area contributed by atoms with Crippen LogP contribution in [-0.4, -0.2) is 30.8 Å². The van der Waals surface area contributed by atoms with E-state index in [9.17, 15) is 13.2 Å². The maximum atomic E-state index is 11.1. The fourth-order valence-corrected chi connectivity index (χ4v) is 1.69. The van der Waals surface area contributed by atoms with Gasteiger partial charge in [-0.2, -0.15) is 0 Å². The Labute approximate surface area is 71.8 Å². The Morgan fingerprint density at radius 1 is 1.33 bits per heavy atom. The zero-order chi connectivity index (χ0) is 9.94. The van der Waals surface area contributed by atoms with Crippen molar-refractivity contribution >= 4 is 16.0 Å². The van der Waals surface area contributed by atoms with Crippen LogP contribution in [0.3, 0.4) is 0 Å². The molecule has 0 aromatic heterocycles. The summed E-state index contributed by atoms with van der Waals surface area (Å²) in [6.45, 7) is 4.39. The molecular formula is C6H13NO4S. The number of carboxylic acid groups (broad SMARTS) is 1. The quantitative estimate of drug-likeness (QED) is 0.650. The van der Waals surface area contributed by atoms with E-state index in [1.54, 1.807) is 13.8 Å². The van der Waals surface area contributed by atoms with Gasteiger partial charge >= 0.3 is 5.97 Å². The minimum absolute atomic E-state index is 0.281. The number of carbonyl (C=O) groups is 1. The topological polar surface area (TPSA) is 83.5 Å². The number of nitrogens with one attached hydrogen (secondary N) is 1. The summed E-state index contributed by atoms with van der Waals surface area (Å²) in [5.74, 6) is -1.34. The largest absolute Gasteiger partial charge is 0.480 e. The van der Waals surface area contributed by atoms with Gasteiger partial charge in [-0.05, 0) is 20.8 Å². The molecule has 2 N–H and O–H groups in total. The normalized spacial score (nSPS) is 14.7. The van der Waals surface area contributed by atoms with Crippen molar-refractivity contribution in [1.29, 1.82) is 0 Å². The number of carboxylic acids is 1. The Morgan fingerprint density at radius 3 is 2.00 bits per heavy atom. The van der Waals surface area contributed by atoms with Crippen LogP contribution in [0.2, 0.25) is 0 Å². The zero-order valence-electron chi connectivity index (χ0n) is 7.23. The van der Waals surface area contributed by atoms with Gasteiger partial charge in [0.05, 0.1) is 0 Å². The molecule has 0 heterocycles. The van der Waals surface area contributed by atoms with E-state index in [0.717, 1.165) is 6.92 Å². The van der Waals surface area contributed by atoms with Crippen molar-refractivity contribution in [3.8, 4) is 0 Å². The van der Waals surface area contributed by atoms with Gasteiger partial charge in [-0.25, -0.2) is 13.1 Å². The Balaban J connectivity index is 4.52. The minimum atomic E-state index is -3.71. The molecule has 0 aliphatic heterocycles. The van der Waals surface area contributed by atoms with Crippen molar-refractivity contribution in [3.05, 3.63) is 0 Å². The summed E-state index contributed by atoms with van der Waals surface area (Å²) in [5.41, 5.74) is 0. The average molecular weight is 195 g/mol. The SMILES string of the molecule is CC(C)NS(=O)(=O)C(C)C(=O)O. The van der Waals surface area contributed by atoms with Gasteiger partial charge in [-0.3, -0.25) is 4.79 Å². The maximum absolute atomic E-state index is 11.1. The van der Waals surface area contributed by atoms with Crippen LogP contribution in [0.25, 0.3) is 0 Å². The summed E-state index contributed by atoms with van der Waals surface area (Å²) in [6.07, 6.45) is 0. The second kappa shape index (κ2) is 3.86. The Kier molecular flexibility index (Phi) is 3.66. The summed E-state index contributed by atoms with van der Waals surface area (Å²) < 4.78 is 24.4. The molecule has 0 aromatic carbocycles. The lowest BCUT2D eigenvalue weighted by Gasteiger charge is -2.11. The molecule has 6 heteroatoms. The van der Waals surface area contributed by atoms with Gasteiger partial charge in [-0.15, -0.1) is 0 Å². The van der Waals surface area contributed by atoms with Crippen LogP contribution in [0.4, 0.5) is 0 Å². The van der Waals surface area contributed by atoms with E-state index < -0.39 is 21.2 Å². The Bertz CT molecular complexity index is 257. The Morgan fingerprint density at radius 2 is 1.75 bits per heavy atom. The van der Waals surface area contributed by atoms with E-state index in [1.807, 2.05) is 0 Å². The van der Waals surface area contributed by atoms with Crippen LogP contribution in [-0.2, 0) is 14.8 Å². The molecule has 1 unspecified atom stereocenters. The van der Waals surface area contributed by atoms with E-state index in [4.69, 9.17) is 5.11 Å². The minimum Gasteiger partial charge on any atom is -0.480 e. The van der Waals surface area contributed by atoms with Crippen molar-refractivity contribution in [2.24, 2.45) is 0 Å². The van der Waals surface area contributed by atoms with Crippen molar-refractivity contribution in [2.75, 3.05) is 0 Å². The smallest absolute Gasteiger partial charge is 0.323 e. The third-order valence-electron chi connectivity index (χ3n) is 1.21. The molecule has 0 saturated carbocycles. The van der Waals surface area contributed by atoms with Crippen molar-refractivity contribution in [2.45, 2.75) is 32.1 Å². The first-order valence-corrected chi connectivity index (χ1v) is 5.06. The first kappa shape index (κ1) is 11.4. The van der Waals surface area contributed by atoms with E-state index in [2.05, 4.69) is 4.72 Å². The molecule has 0 amide bonds. The highest BCUT2D eigenvalue weighted by Gasteiger charge is 2.27. The molecule has 5 nitrogen and oxygen atoms in total. The number of hydrogen-bond acceptors (Lipinski definition) is 3. The molecule has 0 radical (unpaired) electrons. The van der Waals surface area contributed by atoms with Crippen LogP contribution in [0.5, 0.6) is 0 Å². The van der Waals surface area contributed by atoms with E-state index in [1.165, 1.54) is 0 Å². The number of rotatable bonds is 4. The van der Waals surface area contributed by atoms with Gasteiger partial charge in [-0.1, -0.05) is 0 Å². The molecule has 0 saturated heterocycles. The first-order chi connectivity index (χ1) is 5.27.